The maximum absolute atomic E-state index is 6.23. The van der Waals surface area contributed by atoms with Gasteiger partial charge >= 0.3 is 0 Å². The highest BCUT2D eigenvalue weighted by molar-refractivity contribution is 7.16. The Morgan fingerprint density at radius 1 is 1.18 bits per heavy atom. The Bertz CT molecular complexity index is 498. The van der Waals surface area contributed by atoms with Crippen LogP contribution in [-0.2, 0) is 6.42 Å². The molecule has 2 aromatic rings. The maximum Gasteiger partial charge on any atom is 0.0931 e. The molecule has 0 saturated carbocycles. The summed E-state index contributed by atoms with van der Waals surface area (Å²) in [5.74, 6) is 0. The van der Waals surface area contributed by atoms with E-state index in [1.54, 1.807) is 11.3 Å². The van der Waals surface area contributed by atoms with E-state index in [0.29, 0.717) is 0 Å². The lowest BCUT2D eigenvalue weighted by atomic mass is 9.96. The molecule has 0 fully saturated rings. The van der Waals surface area contributed by atoms with E-state index in [1.165, 1.54) is 16.7 Å². The molecule has 0 spiro atoms. The fourth-order valence-corrected chi connectivity index (χ4v) is 3.08. The van der Waals surface area contributed by atoms with Crippen molar-refractivity contribution in [1.29, 1.82) is 0 Å². The molecule has 90 valence electrons. The lowest BCUT2D eigenvalue weighted by molar-refractivity contribution is 0.729. The van der Waals surface area contributed by atoms with Gasteiger partial charge in [-0.25, -0.2) is 0 Å². The van der Waals surface area contributed by atoms with Crippen LogP contribution in [0.15, 0.2) is 30.3 Å². The van der Waals surface area contributed by atoms with Crippen molar-refractivity contribution in [2.75, 3.05) is 0 Å². The van der Waals surface area contributed by atoms with E-state index in [-0.39, 0.29) is 6.04 Å². The number of halogens is 1. The van der Waals surface area contributed by atoms with Crippen LogP contribution in [0, 0.1) is 13.8 Å². The molecular formula is C14H16ClNS. The largest absolute Gasteiger partial charge is 0.323 e. The Morgan fingerprint density at radius 2 is 1.82 bits per heavy atom. The highest BCUT2D eigenvalue weighted by Crippen LogP contribution is 2.28. The molecule has 2 N–H and O–H groups in total. The lowest BCUT2D eigenvalue weighted by Crippen LogP contribution is -2.13. The third-order valence-corrected chi connectivity index (χ3v) is 4.39. The van der Waals surface area contributed by atoms with Crippen LogP contribution in [0.2, 0.25) is 4.34 Å². The number of benzene rings is 1. The maximum atomic E-state index is 6.23. The topological polar surface area (TPSA) is 26.0 Å². The molecule has 0 amide bonds. The van der Waals surface area contributed by atoms with E-state index < -0.39 is 0 Å². The smallest absolute Gasteiger partial charge is 0.0931 e. The molecular weight excluding hydrogens is 250 g/mol. The van der Waals surface area contributed by atoms with Crippen LogP contribution in [-0.4, -0.2) is 0 Å². The summed E-state index contributed by atoms with van der Waals surface area (Å²) < 4.78 is 0.803. The molecule has 1 aromatic heterocycles. The van der Waals surface area contributed by atoms with E-state index >= 15 is 0 Å². The van der Waals surface area contributed by atoms with Crippen LogP contribution < -0.4 is 5.73 Å². The van der Waals surface area contributed by atoms with E-state index in [2.05, 4.69) is 32.0 Å². The zero-order valence-corrected chi connectivity index (χ0v) is 11.6. The number of aryl methyl sites for hydroxylation is 2. The molecule has 2 rings (SSSR count). The summed E-state index contributed by atoms with van der Waals surface area (Å²) >= 11 is 7.50. The fraction of sp³-hybridized carbons (Fsp3) is 0.286. The standard InChI is InChI=1S/C14H16ClNS/c1-9-4-3-5-10(2)11(9)8-12(16)13-6-7-14(15)17-13/h3-7,12H,8,16H2,1-2H3. The van der Waals surface area contributed by atoms with Crippen LogP contribution in [0.5, 0.6) is 0 Å². The second kappa shape index (κ2) is 5.21. The first kappa shape index (κ1) is 12.6. The van der Waals surface area contributed by atoms with Crippen molar-refractivity contribution in [3.63, 3.8) is 0 Å². The number of thiophene rings is 1. The van der Waals surface area contributed by atoms with Crippen LogP contribution in [0.1, 0.15) is 27.6 Å². The number of hydrogen-bond donors (Lipinski definition) is 1. The highest BCUT2D eigenvalue weighted by Gasteiger charge is 2.12. The van der Waals surface area contributed by atoms with Gasteiger partial charge < -0.3 is 5.73 Å². The monoisotopic (exact) mass is 265 g/mol. The summed E-state index contributed by atoms with van der Waals surface area (Å²) in [5, 5.41) is 0. The minimum Gasteiger partial charge on any atom is -0.323 e. The molecule has 1 nitrogen and oxygen atoms in total. The zero-order chi connectivity index (χ0) is 12.4. The molecule has 1 heterocycles. The second-order valence-electron chi connectivity index (χ2n) is 4.32. The lowest BCUT2D eigenvalue weighted by Gasteiger charge is -2.14. The van der Waals surface area contributed by atoms with E-state index in [9.17, 15) is 0 Å². The van der Waals surface area contributed by atoms with Gasteiger partial charge in [-0.1, -0.05) is 29.8 Å². The predicted molar refractivity (Wildman–Crippen MR) is 75.9 cm³/mol. The zero-order valence-electron chi connectivity index (χ0n) is 10.0. The molecule has 0 aliphatic rings. The van der Waals surface area contributed by atoms with Gasteiger partial charge in [0, 0.05) is 10.9 Å². The minimum atomic E-state index is 0.0345. The van der Waals surface area contributed by atoms with Gasteiger partial charge in [0.25, 0.3) is 0 Å². The van der Waals surface area contributed by atoms with Gasteiger partial charge in [-0.15, -0.1) is 11.3 Å². The summed E-state index contributed by atoms with van der Waals surface area (Å²) in [5.41, 5.74) is 10.2. The van der Waals surface area contributed by atoms with Crippen LogP contribution >= 0.6 is 22.9 Å². The first-order valence-corrected chi connectivity index (χ1v) is 6.83. The fourth-order valence-electron chi connectivity index (χ4n) is 2.02. The molecule has 0 radical (unpaired) electrons. The second-order valence-corrected chi connectivity index (χ2v) is 6.07. The molecule has 3 heteroatoms. The molecule has 1 unspecified atom stereocenters. The average Bonchev–Trinajstić information content (AvgIpc) is 2.70. The van der Waals surface area contributed by atoms with Gasteiger partial charge in [0.2, 0.25) is 0 Å². The summed E-state index contributed by atoms with van der Waals surface area (Å²) in [6, 6.07) is 10.3. The van der Waals surface area contributed by atoms with Gasteiger partial charge in [-0.2, -0.15) is 0 Å². The number of hydrogen-bond acceptors (Lipinski definition) is 2. The Morgan fingerprint density at radius 3 is 2.35 bits per heavy atom. The summed E-state index contributed by atoms with van der Waals surface area (Å²) in [7, 11) is 0. The van der Waals surface area contributed by atoms with Gasteiger partial charge in [0.1, 0.15) is 0 Å². The molecule has 0 aliphatic heterocycles. The van der Waals surface area contributed by atoms with Crippen molar-refractivity contribution in [1.82, 2.24) is 0 Å². The third kappa shape index (κ3) is 2.89. The molecule has 0 saturated heterocycles. The van der Waals surface area contributed by atoms with Crippen molar-refractivity contribution in [2.24, 2.45) is 5.73 Å². The van der Waals surface area contributed by atoms with Crippen molar-refractivity contribution in [3.8, 4) is 0 Å². The van der Waals surface area contributed by atoms with Crippen LogP contribution in [0.25, 0.3) is 0 Å². The van der Waals surface area contributed by atoms with Crippen molar-refractivity contribution >= 4 is 22.9 Å². The molecule has 0 bridgehead atoms. The highest BCUT2D eigenvalue weighted by atomic mass is 35.5. The Balaban J connectivity index is 2.21. The summed E-state index contributed by atoms with van der Waals surface area (Å²) in [6.45, 7) is 4.27. The molecule has 1 atom stereocenters. The summed E-state index contributed by atoms with van der Waals surface area (Å²) in [6.07, 6.45) is 0.870. The van der Waals surface area contributed by atoms with Gasteiger partial charge in [0.05, 0.1) is 4.34 Å². The van der Waals surface area contributed by atoms with Crippen molar-refractivity contribution < 1.29 is 0 Å². The third-order valence-electron chi connectivity index (χ3n) is 3.03. The van der Waals surface area contributed by atoms with Gasteiger partial charge in [0.15, 0.2) is 0 Å². The van der Waals surface area contributed by atoms with E-state index in [0.717, 1.165) is 15.6 Å². The quantitative estimate of drug-likeness (QED) is 0.882. The van der Waals surface area contributed by atoms with Gasteiger partial charge in [-0.05, 0) is 49.1 Å². The molecule has 0 aliphatic carbocycles. The Hall–Kier alpha value is -0.830. The van der Waals surface area contributed by atoms with Crippen LogP contribution in [0.3, 0.4) is 0 Å². The first-order valence-electron chi connectivity index (χ1n) is 5.64. The van der Waals surface area contributed by atoms with Crippen molar-refractivity contribution in [3.05, 3.63) is 56.2 Å². The van der Waals surface area contributed by atoms with E-state index in [1.807, 2.05) is 12.1 Å². The number of nitrogens with two attached hydrogens (primary N) is 1. The SMILES string of the molecule is Cc1cccc(C)c1CC(N)c1ccc(Cl)s1. The van der Waals surface area contributed by atoms with Crippen molar-refractivity contribution in [2.45, 2.75) is 26.3 Å². The predicted octanol–water partition coefficient (Wildman–Crippen LogP) is 4.26. The van der Waals surface area contributed by atoms with Crippen LogP contribution in [0.4, 0.5) is 0 Å². The van der Waals surface area contributed by atoms with E-state index in [4.69, 9.17) is 17.3 Å². The normalized spacial score (nSPS) is 12.7. The molecule has 17 heavy (non-hydrogen) atoms. The number of rotatable bonds is 3. The average molecular weight is 266 g/mol. The Labute approximate surface area is 111 Å². The first-order chi connectivity index (χ1) is 8.08. The van der Waals surface area contributed by atoms with Gasteiger partial charge in [-0.3, -0.25) is 0 Å². The minimum absolute atomic E-state index is 0.0345. The summed E-state index contributed by atoms with van der Waals surface area (Å²) in [4.78, 5) is 1.15. The molecule has 1 aromatic carbocycles. The Kier molecular flexibility index (Phi) is 3.87.